The van der Waals surface area contributed by atoms with E-state index < -0.39 is 13.2 Å². The molecule has 1 aromatic heterocycles. The van der Waals surface area contributed by atoms with E-state index in [0.29, 0.717) is 23.3 Å². The van der Waals surface area contributed by atoms with Crippen LogP contribution in [-0.4, -0.2) is 41.6 Å². The van der Waals surface area contributed by atoms with Gasteiger partial charge >= 0.3 is 7.12 Å². The first-order valence-electron chi connectivity index (χ1n) is 14.4. The Morgan fingerprint density at radius 2 is 1.87 bits per heavy atom. The molecular weight excluding hydrogens is 489 g/mol. The molecule has 4 aliphatic rings. The molecule has 2 amide bonds. The molecule has 2 N–H and O–H groups in total. The Morgan fingerprint density at radius 3 is 2.51 bits per heavy atom. The van der Waals surface area contributed by atoms with Crippen LogP contribution in [0.4, 0.5) is 0 Å². The Kier molecular flexibility index (Phi) is 7.64. The normalized spacial score (nSPS) is 28.3. The van der Waals surface area contributed by atoms with Crippen molar-refractivity contribution in [3.05, 3.63) is 65.5 Å². The number of pyridine rings is 1. The Bertz CT molecular complexity index is 1190. The molecule has 2 heterocycles. The lowest BCUT2D eigenvalue weighted by molar-refractivity contribution is -0.185. The molecule has 1 saturated heterocycles. The summed E-state index contributed by atoms with van der Waals surface area (Å²) in [5.74, 6) is 0.809. The first kappa shape index (κ1) is 27.8. The minimum atomic E-state index is -0.489. The average Bonchev–Trinajstić information content (AvgIpc) is 3.26. The van der Waals surface area contributed by atoms with Crippen LogP contribution in [0.1, 0.15) is 87.8 Å². The minimum absolute atomic E-state index is 0.0492. The third-order valence-electron chi connectivity index (χ3n) is 9.33. The van der Waals surface area contributed by atoms with Gasteiger partial charge in [-0.05, 0) is 74.0 Å². The lowest BCUT2D eigenvalue weighted by Crippen LogP contribution is -2.63. The second kappa shape index (κ2) is 10.7. The molecule has 1 aromatic carbocycles. The summed E-state index contributed by atoms with van der Waals surface area (Å²) < 4.78 is 13.3. The minimum Gasteiger partial charge on any atom is -0.404 e. The average molecular weight is 532 g/mol. The smallest absolute Gasteiger partial charge is 0.404 e. The second-order valence-corrected chi connectivity index (χ2v) is 13.1. The van der Waals surface area contributed by atoms with Crippen LogP contribution in [0.3, 0.4) is 0 Å². The number of nitrogens with one attached hydrogen (secondary N) is 2. The van der Waals surface area contributed by atoms with Gasteiger partial charge in [-0.1, -0.05) is 57.5 Å². The lowest BCUT2D eigenvalue weighted by Gasteiger charge is -2.63. The fraction of sp³-hybridized carbons (Fsp3) is 0.581. The molecule has 1 aliphatic heterocycles. The highest BCUT2D eigenvalue weighted by Gasteiger charge is 2.67. The maximum absolute atomic E-state index is 13.5. The third-order valence-corrected chi connectivity index (χ3v) is 9.33. The number of amides is 2. The van der Waals surface area contributed by atoms with E-state index in [0.717, 1.165) is 24.0 Å². The third kappa shape index (κ3) is 5.64. The fourth-order valence-corrected chi connectivity index (χ4v) is 6.90. The van der Waals surface area contributed by atoms with Gasteiger partial charge in [0.25, 0.3) is 5.91 Å². The summed E-state index contributed by atoms with van der Waals surface area (Å²) in [6.45, 7) is 13.2. The molecule has 2 bridgehead atoms. The van der Waals surface area contributed by atoms with E-state index in [4.69, 9.17) is 9.31 Å². The number of carbonyl (C=O) groups is 2. The van der Waals surface area contributed by atoms with Gasteiger partial charge in [-0.2, -0.15) is 0 Å². The number of hydrogen-bond acceptors (Lipinski definition) is 5. The van der Waals surface area contributed by atoms with E-state index in [1.807, 2.05) is 31.2 Å². The van der Waals surface area contributed by atoms with E-state index in [2.05, 4.69) is 50.2 Å². The van der Waals surface area contributed by atoms with Gasteiger partial charge < -0.3 is 19.9 Å². The van der Waals surface area contributed by atoms with Gasteiger partial charge in [-0.3, -0.25) is 14.6 Å². The summed E-state index contributed by atoms with van der Waals surface area (Å²) in [7, 11) is -0.482. The van der Waals surface area contributed by atoms with Crippen molar-refractivity contribution in [1.29, 1.82) is 0 Å². The number of nitrogens with zero attached hydrogens (tertiary/aromatic N) is 1. The SMILES string of the molecule is Cc1ccc(C(CC(=O)N[C@@H](CC(C)C)B2O[C@H]3C4CC(C[C@]3(C)O2)C4(C)C)NC(=O)c2cccnc2)cc1. The zero-order valence-corrected chi connectivity index (χ0v) is 24.1. The van der Waals surface area contributed by atoms with Crippen LogP contribution in [0.25, 0.3) is 0 Å². The van der Waals surface area contributed by atoms with Gasteiger partial charge in [0.2, 0.25) is 5.91 Å². The predicted molar refractivity (Wildman–Crippen MR) is 152 cm³/mol. The largest absolute Gasteiger partial charge is 0.481 e. The van der Waals surface area contributed by atoms with Gasteiger partial charge in [0, 0.05) is 12.4 Å². The molecule has 3 unspecified atom stereocenters. The molecule has 39 heavy (non-hydrogen) atoms. The van der Waals surface area contributed by atoms with Gasteiger partial charge in [0.15, 0.2) is 0 Å². The number of benzene rings is 1. The van der Waals surface area contributed by atoms with Gasteiger partial charge in [-0.15, -0.1) is 0 Å². The molecule has 3 aliphatic carbocycles. The Balaban J connectivity index is 1.30. The van der Waals surface area contributed by atoms with Gasteiger partial charge in [0.05, 0.1) is 35.7 Å². The van der Waals surface area contributed by atoms with Crippen molar-refractivity contribution in [3.8, 4) is 0 Å². The molecule has 0 radical (unpaired) electrons. The Hall–Kier alpha value is -2.71. The molecule has 0 spiro atoms. The summed E-state index contributed by atoms with van der Waals surface area (Å²) in [6.07, 6.45) is 6.25. The summed E-state index contributed by atoms with van der Waals surface area (Å²) >= 11 is 0. The summed E-state index contributed by atoms with van der Waals surface area (Å²) in [6, 6.07) is 10.9. The van der Waals surface area contributed by atoms with Crippen LogP contribution >= 0.6 is 0 Å². The number of aromatic nitrogens is 1. The van der Waals surface area contributed by atoms with E-state index >= 15 is 0 Å². The molecule has 8 heteroatoms. The first-order chi connectivity index (χ1) is 18.5. The molecule has 2 aromatic rings. The van der Waals surface area contributed by atoms with Crippen molar-refractivity contribution in [2.45, 2.75) is 90.9 Å². The van der Waals surface area contributed by atoms with Crippen molar-refractivity contribution >= 4 is 18.9 Å². The molecule has 6 rings (SSSR count). The van der Waals surface area contributed by atoms with E-state index in [9.17, 15) is 9.59 Å². The van der Waals surface area contributed by atoms with Crippen LogP contribution in [0, 0.1) is 30.1 Å². The maximum atomic E-state index is 13.5. The van der Waals surface area contributed by atoms with Crippen LogP contribution in [0.5, 0.6) is 0 Å². The van der Waals surface area contributed by atoms with Crippen molar-refractivity contribution in [1.82, 2.24) is 15.6 Å². The van der Waals surface area contributed by atoms with Crippen molar-refractivity contribution in [3.63, 3.8) is 0 Å². The number of carbonyl (C=O) groups excluding carboxylic acids is 2. The first-order valence-corrected chi connectivity index (χ1v) is 14.4. The molecule has 4 fully saturated rings. The van der Waals surface area contributed by atoms with Gasteiger partial charge in [-0.25, -0.2) is 0 Å². The van der Waals surface area contributed by atoms with Crippen LogP contribution in [0.15, 0.2) is 48.8 Å². The highest BCUT2D eigenvalue weighted by atomic mass is 16.7. The zero-order valence-electron chi connectivity index (χ0n) is 24.1. The van der Waals surface area contributed by atoms with Crippen molar-refractivity contribution in [2.24, 2.45) is 23.2 Å². The van der Waals surface area contributed by atoms with E-state index in [1.165, 1.54) is 12.6 Å². The Labute approximate surface area is 233 Å². The van der Waals surface area contributed by atoms with Crippen LogP contribution in [-0.2, 0) is 14.1 Å². The monoisotopic (exact) mass is 531 g/mol. The predicted octanol–water partition coefficient (Wildman–Crippen LogP) is 5.05. The number of aryl methyl sites for hydroxylation is 1. The van der Waals surface area contributed by atoms with E-state index in [-0.39, 0.29) is 41.3 Å². The lowest BCUT2D eigenvalue weighted by atomic mass is 9.45. The van der Waals surface area contributed by atoms with E-state index in [1.54, 1.807) is 18.3 Å². The van der Waals surface area contributed by atoms with Crippen molar-refractivity contribution < 1.29 is 18.9 Å². The second-order valence-electron chi connectivity index (χ2n) is 13.1. The summed E-state index contributed by atoms with van der Waals surface area (Å²) in [5.41, 5.74) is 2.41. The van der Waals surface area contributed by atoms with Crippen LogP contribution < -0.4 is 10.6 Å². The molecule has 7 nitrogen and oxygen atoms in total. The molecule has 3 saturated carbocycles. The zero-order chi connectivity index (χ0) is 27.9. The van der Waals surface area contributed by atoms with Crippen LogP contribution in [0.2, 0.25) is 0 Å². The molecule has 208 valence electrons. The molecular formula is C31H42BN3O4. The highest BCUT2D eigenvalue weighted by molar-refractivity contribution is 6.47. The quantitative estimate of drug-likeness (QED) is 0.442. The summed E-state index contributed by atoms with van der Waals surface area (Å²) in [4.78, 5) is 30.6. The summed E-state index contributed by atoms with van der Waals surface area (Å²) in [5, 5.41) is 6.29. The Morgan fingerprint density at radius 1 is 1.13 bits per heavy atom. The fourth-order valence-electron chi connectivity index (χ4n) is 6.90. The number of rotatable bonds is 9. The van der Waals surface area contributed by atoms with Gasteiger partial charge in [0.1, 0.15) is 0 Å². The number of hydrogen-bond donors (Lipinski definition) is 2. The molecule has 6 atom stereocenters. The standard InChI is InChI=1S/C31H42BN3O4/c1-19(2)14-26(32-38-28-24-15-23(30(24,4)5)17-31(28,6)39-32)35-27(36)16-25(21-11-9-20(3)10-12-21)34-29(37)22-8-7-13-33-18-22/h7-13,18-19,23-26,28H,14-17H2,1-6H3,(H,34,37)(H,35,36)/t23?,24?,25?,26-,28-,31-/m0/s1. The van der Waals surface area contributed by atoms with Crippen molar-refractivity contribution in [2.75, 3.05) is 0 Å². The topological polar surface area (TPSA) is 89.5 Å². The highest BCUT2D eigenvalue weighted by Crippen LogP contribution is 2.64. The maximum Gasteiger partial charge on any atom is 0.481 e.